The highest BCUT2D eigenvalue weighted by atomic mass is 79.9. The third-order valence-electron chi connectivity index (χ3n) is 5.69. The fourth-order valence-electron chi connectivity index (χ4n) is 3.92. The number of nitrogens with one attached hydrogen (secondary N) is 1. The quantitative estimate of drug-likeness (QED) is 0.260. The largest absolute Gasteiger partial charge is 0.383 e. The average molecular weight is 569 g/mol. The van der Waals surface area contributed by atoms with E-state index in [1.807, 2.05) is 0 Å². The molecule has 0 unspecified atom stereocenters. The van der Waals surface area contributed by atoms with E-state index in [0.717, 1.165) is 5.39 Å². The van der Waals surface area contributed by atoms with Gasteiger partial charge in [0.05, 0.1) is 10.6 Å². The lowest BCUT2D eigenvalue weighted by atomic mass is 9.99. The maximum atomic E-state index is 15.3. The van der Waals surface area contributed by atoms with Crippen molar-refractivity contribution in [2.75, 3.05) is 11.1 Å². The van der Waals surface area contributed by atoms with Gasteiger partial charge in [-0.05, 0) is 69.2 Å². The van der Waals surface area contributed by atoms with E-state index in [-0.39, 0.29) is 16.9 Å². The molecule has 3 aromatic carbocycles. The Morgan fingerprint density at radius 1 is 1.08 bits per heavy atom. The van der Waals surface area contributed by atoms with Crippen LogP contribution in [0.3, 0.4) is 0 Å². The molecule has 10 heteroatoms. The van der Waals surface area contributed by atoms with Crippen molar-refractivity contribution >= 4 is 59.7 Å². The Labute approximate surface area is 216 Å². The molecule has 36 heavy (non-hydrogen) atoms. The molecule has 0 fully saturated rings. The van der Waals surface area contributed by atoms with Gasteiger partial charge in [-0.2, -0.15) is 0 Å². The van der Waals surface area contributed by atoms with Gasteiger partial charge in [0, 0.05) is 27.2 Å². The normalized spacial score (nSPS) is 12.3. The number of carbonyl (C=O) groups excluding carboxylic acids is 1. The number of fused-ring (bicyclic) bond motifs is 1. The van der Waals surface area contributed by atoms with Gasteiger partial charge in [0.15, 0.2) is 5.83 Å². The molecule has 0 aliphatic heterocycles. The number of sulfonamides is 1. The summed E-state index contributed by atoms with van der Waals surface area (Å²) < 4.78 is 39.7. The van der Waals surface area contributed by atoms with E-state index in [1.54, 1.807) is 73.8 Å². The van der Waals surface area contributed by atoms with E-state index in [1.165, 1.54) is 6.07 Å². The minimum atomic E-state index is -3.94. The summed E-state index contributed by atoms with van der Waals surface area (Å²) in [7, 11) is -3.94. The van der Waals surface area contributed by atoms with Crippen LogP contribution >= 0.6 is 15.9 Å². The van der Waals surface area contributed by atoms with E-state index < -0.39 is 21.8 Å². The molecule has 184 valence electrons. The van der Waals surface area contributed by atoms with Crippen LogP contribution in [0, 0.1) is 0 Å². The van der Waals surface area contributed by atoms with Crippen LogP contribution in [0.5, 0.6) is 0 Å². The molecule has 7 nitrogen and oxygen atoms in total. The molecule has 5 N–H and O–H groups in total. The van der Waals surface area contributed by atoms with E-state index >= 15 is 4.39 Å². The Morgan fingerprint density at radius 2 is 1.83 bits per heavy atom. The zero-order chi connectivity index (χ0) is 26.0. The third kappa shape index (κ3) is 5.15. The van der Waals surface area contributed by atoms with Gasteiger partial charge in [-0.3, -0.25) is 4.79 Å². The van der Waals surface area contributed by atoms with Gasteiger partial charge in [-0.15, -0.1) is 0 Å². The molecule has 1 amide bonds. The van der Waals surface area contributed by atoms with Crippen molar-refractivity contribution < 1.29 is 17.6 Å². The Kier molecular flexibility index (Phi) is 7.21. The SMILES string of the molecule is CC/C(=C(\F)C(=O)Nc1ccc(-c2ccccc2S(N)(=O)=O)cc1Br)c1ccc2ccnc(N)c2c1. The molecule has 0 atom stereocenters. The van der Waals surface area contributed by atoms with E-state index in [9.17, 15) is 13.2 Å². The highest BCUT2D eigenvalue weighted by molar-refractivity contribution is 9.10. The lowest BCUT2D eigenvalue weighted by Gasteiger charge is -2.13. The number of hydrogen-bond acceptors (Lipinski definition) is 5. The molecule has 0 aliphatic rings. The van der Waals surface area contributed by atoms with Crippen molar-refractivity contribution in [3.8, 4) is 11.1 Å². The van der Waals surface area contributed by atoms with Gasteiger partial charge in [-0.25, -0.2) is 22.9 Å². The maximum Gasteiger partial charge on any atom is 0.284 e. The summed E-state index contributed by atoms with van der Waals surface area (Å²) in [5, 5.41) is 9.44. The number of rotatable bonds is 6. The zero-order valence-electron chi connectivity index (χ0n) is 19.1. The number of carbonyl (C=O) groups is 1. The van der Waals surface area contributed by atoms with Crippen molar-refractivity contribution in [3.05, 3.63) is 88.8 Å². The molecule has 4 aromatic rings. The van der Waals surface area contributed by atoms with E-state index in [0.29, 0.717) is 38.1 Å². The lowest BCUT2D eigenvalue weighted by molar-refractivity contribution is -0.114. The molecule has 0 aliphatic carbocycles. The second-order valence-corrected chi connectivity index (χ2v) is 10.4. The van der Waals surface area contributed by atoms with Crippen molar-refractivity contribution in [2.45, 2.75) is 18.2 Å². The first-order chi connectivity index (χ1) is 17.1. The van der Waals surface area contributed by atoms with Crippen LogP contribution in [0.1, 0.15) is 18.9 Å². The van der Waals surface area contributed by atoms with Gasteiger partial charge >= 0.3 is 0 Å². The first kappa shape index (κ1) is 25.5. The summed E-state index contributed by atoms with van der Waals surface area (Å²) in [6.45, 7) is 1.76. The van der Waals surface area contributed by atoms with E-state index in [4.69, 9.17) is 10.9 Å². The van der Waals surface area contributed by atoms with Crippen LogP contribution in [0.25, 0.3) is 27.5 Å². The molecule has 0 radical (unpaired) electrons. The van der Waals surface area contributed by atoms with Gasteiger partial charge in [0.2, 0.25) is 10.0 Å². The Hall–Kier alpha value is -3.60. The number of nitrogen functional groups attached to an aromatic ring is 1. The average Bonchev–Trinajstić information content (AvgIpc) is 2.85. The van der Waals surface area contributed by atoms with Crippen molar-refractivity contribution in [1.82, 2.24) is 4.98 Å². The minimum Gasteiger partial charge on any atom is -0.383 e. The maximum absolute atomic E-state index is 15.3. The Balaban J connectivity index is 1.65. The molecule has 0 saturated carbocycles. The fourth-order valence-corrected chi connectivity index (χ4v) is 5.15. The Morgan fingerprint density at radius 3 is 2.53 bits per heavy atom. The number of halogens is 2. The molecule has 4 rings (SSSR count). The molecular formula is C26H22BrFN4O3S. The van der Waals surface area contributed by atoms with E-state index in [2.05, 4.69) is 26.2 Å². The summed E-state index contributed by atoms with van der Waals surface area (Å²) >= 11 is 3.38. The second kappa shape index (κ2) is 10.2. The van der Waals surface area contributed by atoms with Crippen LogP contribution in [0.15, 0.2) is 88.1 Å². The zero-order valence-corrected chi connectivity index (χ0v) is 21.5. The summed E-state index contributed by atoms with van der Waals surface area (Å²) in [6.07, 6.45) is 1.87. The summed E-state index contributed by atoms with van der Waals surface area (Å²) in [4.78, 5) is 16.9. The number of allylic oxidation sites excluding steroid dienone is 1. The van der Waals surface area contributed by atoms with Crippen molar-refractivity contribution in [2.24, 2.45) is 5.14 Å². The topological polar surface area (TPSA) is 128 Å². The summed E-state index contributed by atoms with van der Waals surface area (Å²) in [6, 6.07) is 18.2. The number of hydrogen-bond donors (Lipinski definition) is 3. The van der Waals surface area contributed by atoms with Crippen molar-refractivity contribution in [1.29, 1.82) is 0 Å². The number of nitrogens with two attached hydrogens (primary N) is 2. The highest BCUT2D eigenvalue weighted by Crippen LogP contribution is 2.33. The number of nitrogens with zero attached hydrogens (tertiary/aromatic N) is 1. The predicted octanol–water partition coefficient (Wildman–Crippen LogP) is 5.62. The molecule has 1 aromatic heterocycles. The molecule has 0 saturated heterocycles. The van der Waals surface area contributed by atoms with Gasteiger partial charge in [0.25, 0.3) is 5.91 Å². The number of primary sulfonamides is 1. The summed E-state index contributed by atoms with van der Waals surface area (Å²) in [5.74, 6) is -1.51. The fraction of sp³-hybridized carbons (Fsp3) is 0.0769. The summed E-state index contributed by atoms with van der Waals surface area (Å²) in [5.41, 5.74) is 8.00. The standard InChI is InChI=1S/C26H22BrFN4O3S/c1-2-18(16-8-7-15-11-12-31-25(29)20(15)13-16)24(28)26(33)32-22-10-9-17(14-21(22)27)19-5-3-4-6-23(19)36(30,34)35/h3-14H,2H2,1H3,(H2,29,31)(H,32,33)(H2,30,34,35)/b24-18+. The Bertz CT molecular complexity index is 1640. The minimum absolute atomic E-state index is 0.0264. The highest BCUT2D eigenvalue weighted by Gasteiger charge is 2.19. The predicted molar refractivity (Wildman–Crippen MR) is 144 cm³/mol. The molecule has 1 heterocycles. The van der Waals surface area contributed by atoms with Gasteiger partial charge in [0.1, 0.15) is 5.82 Å². The number of anilines is 2. The number of pyridine rings is 1. The number of aromatic nitrogens is 1. The van der Waals surface area contributed by atoms with Crippen LogP contribution < -0.4 is 16.2 Å². The van der Waals surface area contributed by atoms with Gasteiger partial charge < -0.3 is 11.1 Å². The van der Waals surface area contributed by atoms with Crippen LogP contribution in [0.2, 0.25) is 0 Å². The monoisotopic (exact) mass is 568 g/mol. The first-order valence-electron chi connectivity index (χ1n) is 10.9. The first-order valence-corrected chi connectivity index (χ1v) is 13.2. The van der Waals surface area contributed by atoms with Crippen LogP contribution in [-0.2, 0) is 14.8 Å². The second-order valence-electron chi connectivity index (χ2n) is 7.97. The smallest absolute Gasteiger partial charge is 0.284 e. The molecular weight excluding hydrogens is 547 g/mol. The molecule has 0 spiro atoms. The number of benzene rings is 3. The molecule has 0 bridgehead atoms. The lowest BCUT2D eigenvalue weighted by Crippen LogP contribution is -2.14. The van der Waals surface area contributed by atoms with Crippen LogP contribution in [0.4, 0.5) is 15.9 Å². The van der Waals surface area contributed by atoms with Crippen LogP contribution in [-0.4, -0.2) is 19.3 Å². The number of amides is 1. The third-order valence-corrected chi connectivity index (χ3v) is 7.31. The van der Waals surface area contributed by atoms with Gasteiger partial charge in [-0.1, -0.05) is 43.3 Å². The van der Waals surface area contributed by atoms with Crippen molar-refractivity contribution in [3.63, 3.8) is 0 Å².